The molecule has 3 rings (SSSR count). The second-order valence-electron chi connectivity index (χ2n) is 5.84. The Morgan fingerprint density at radius 1 is 0.893 bits per heavy atom. The van der Waals surface area contributed by atoms with E-state index < -0.39 is 23.4 Å². The molecule has 0 unspecified atom stereocenters. The van der Waals surface area contributed by atoms with E-state index in [-0.39, 0.29) is 22.7 Å². The molecule has 1 aromatic heterocycles. The van der Waals surface area contributed by atoms with Crippen molar-refractivity contribution < 1.29 is 23.4 Å². The number of hydrogen-bond acceptors (Lipinski definition) is 5. The zero-order valence-electron chi connectivity index (χ0n) is 15.0. The number of ether oxygens (including phenoxy) is 1. The number of aromatic nitrogens is 3. The average molecular weight is 383 g/mol. The molecule has 0 aliphatic rings. The Hall–Kier alpha value is -3.68. The van der Waals surface area contributed by atoms with Gasteiger partial charge in [0.15, 0.2) is 0 Å². The lowest BCUT2D eigenvalue weighted by molar-refractivity contribution is -0.135. The van der Waals surface area contributed by atoms with Crippen LogP contribution in [-0.4, -0.2) is 26.0 Å². The normalized spacial score (nSPS) is 10.4. The Labute approximate surface area is 159 Å². The second-order valence-corrected chi connectivity index (χ2v) is 5.84. The van der Waals surface area contributed by atoms with Crippen LogP contribution in [0.3, 0.4) is 0 Å². The van der Waals surface area contributed by atoms with Gasteiger partial charge in [-0.05, 0) is 49.2 Å². The van der Waals surface area contributed by atoms with Gasteiger partial charge >= 0.3 is 12.0 Å². The predicted molar refractivity (Wildman–Crippen MR) is 96.4 cm³/mol. The quantitative estimate of drug-likeness (QED) is 0.534. The van der Waals surface area contributed by atoms with E-state index in [0.717, 1.165) is 12.1 Å². The number of aliphatic carboxylic acids is 1. The van der Waals surface area contributed by atoms with Crippen molar-refractivity contribution in [3.63, 3.8) is 0 Å². The topological polar surface area (TPSA) is 85.2 Å². The molecule has 1 heterocycles. The Bertz CT molecular complexity index is 1020. The van der Waals surface area contributed by atoms with E-state index in [4.69, 9.17) is 4.74 Å². The summed E-state index contributed by atoms with van der Waals surface area (Å²) in [6, 6.07) is 10.3. The number of benzene rings is 2. The van der Waals surface area contributed by atoms with Gasteiger partial charge in [0.05, 0.1) is 0 Å². The number of carboxylic acids is 1. The molecule has 3 aromatic rings. The summed E-state index contributed by atoms with van der Waals surface area (Å²) in [5.41, 5.74) is 0.387. The summed E-state index contributed by atoms with van der Waals surface area (Å²) in [5.74, 6) is -2.50. The first-order valence-electron chi connectivity index (χ1n) is 8.20. The van der Waals surface area contributed by atoms with Crippen molar-refractivity contribution in [1.82, 2.24) is 15.0 Å². The van der Waals surface area contributed by atoms with Crippen LogP contribution in [0.15, 0.2) is 54.3 Å². The van der Waals surface area contributed by atoms with Gasteiger partial charge in [-0.15, -0.1) is 0 Å². The van der Waals surface area contributed by atoms with Crippen molar-refractivity contribution in [2.45, 2.75) is 13.8 Å². The molecule has 0 atom stereocenters. The number of rotatable bonds is 5. The van der Waals surface area contributed by atoms with Crippen LogP contribution in [-0.2, 0) is 4.79 Å². The molecular weight excluding hydrogens is 368 g/mol. The fourth-order valence-corrected chi connectivity index (χ4v) is 2.64. The van der Waals surface area contributed by atoms with E-state index in [0.29, 0.717) is 11.6 Å². The second kappa shape index (κ2) is 7.91. The van der Waals surface area contributed by atoms with Crippen molar-refractivity contribution in [3.8, 4) is 6.01 Å². The van der Waals surface area contributed by atoms with Gasteiger partial charge in [-0.2, -0.15) is 9.97 Å². The number of aryl methyl sites for hydroxylation is 2. The molecule has 0 spiro atoms. The van der Waals surface area contributed by atoms with Gasteiger partial charge in [0.2, 0.25) is 5.76 Å². The molecule has 6 nitrogen and oxygen atoms in total. The zero-order valence-corrected chi connectivity index (χ0v) is 15.0. The van der Waals surface area contributed by atoms with Crippen molar-refractivity contribution in [3.05, 3.63) is 88.7 Å². The molecule has 0 bridgehead atoms. The van der Waals surface area contributed by atoms with Gasteiger partial charge in [-0.25, -0.2) is 18.6 Å². The minimum absolute atomic E-state index is 0.0118. The summed E-state index contributed by atoms with van der Waals surface area (Å²) >= 11 is 0. The van der Waals surface area contributed by atoms with Crippen LogP contribution < -0.4 is 4.74 Å². The van der Waals surface area contributed by atoms with Crippen LogP contribution in [0.2, 0.25) is 0 Å². The van der Waals surface area contributed by atoms with E-state index in [1.165, 1.54) is 36.4 Å². The lowest BCUT2D eigenvalue weighted by Gasteiger charge is -2.14. The number of hydrogen-bond donors (Lipinski definition) is 1. The molecule has 1 N–H and O–H groups in total. The van der Waals surface area contributed by atoms with E-state index >= 15 is 0 Å². The van der Waals surface area contributed by atoms with Gasteiger partial charge in [0.25, 0.3) is 0 Å². The van der Waals surface area contributed by atoms with Crippen LogP contribution in [0, 0.1) is 25.5 Å². The standard InChI is InChI=1S/C20H15F2N3O3/c1-11-23-12(2)25-20(24-11)28-18(19(26)27)17(13-5-3-7-15(21)9-13)14-6-4-8-16(22)10-14/h3-10H,1-2H3,(H,26,27). The number of carbonyl (C=O) groups is 1. The Morgan fingerprint density at radius 3 is 1.82 bits per heavy atom. The number of carboxylic acid groups (broad SMARTS) is 1. The minimum atomic E-state index is -1.45. The maximum Gasteiger partial charge on any atom is 0.372 e. The van der Waals surface area contributed by atoms with Crippen LogP contribution in [0.1, 0.15) is 22.8 Å². The third kappa shape index (κ3) is 4.35. The first-order chi connectivity index (χ1) is 13.3. The lowest BCUT2D eigenvalue weighted by atomic mass is 9.96. The number of halogens is 2. The summed E-state index contributed by atoms with van der Waals surface area (Å²) in [7, 11) is 0. The molecule has 0 amide bonds. The predicted octanol–water partition coefficient (Wildman–Crippen LogP) is 3.69. The molecule has 0 fully saturated rings. The molecule has 0 aliphatic carbocycles. The lowest BCUT2D eigenvalue weighted by Crippen LogP contribution is -2.14. The van der Waals surface area contributed by atoms with Crippen LogP contribution >= 0.6 is 0 Å². The molecule has 2 aromatic carbocycles. The molecule has 0 saturated heterocycles. The molecule has 8 heteroatoms. The highest BCUT2D eigenvalue weighted by atomic mass is 19.1. The molecule has 0 radical (unpaired) electrons. The summed E-state index contributed by atoms with van der Waals surface area (Å²) in [6.45, 7) is 3.21. The van der Waals surface area contributed by atoms with Gasteiger partial charge in [-0.3, -0.25) is 0 Å². The first kappa shape index (κ1) is 19.1. The summed E-state index contributed by atoms with van der Waals surface area (Å²) in [5, 5.41) is 9.76. The molecule has 28 heavy (non-hydrogen) atoms. The maximum atomic E-state index is 13.8. The maximum absolute atomic E-state index is 13.8. The summed E-state index contributed by atoms with van der Waals surface area (Å²) < 4.78 is 33.1. The van der Waals surface area contributed by atoms with E-state index in [9.17, 15) is 18.7 Å². The van der Waals surface area contributed by atoms with E-state index in [2.05, 4.69) is 15.0 Å². The van der Waals surface area contributed by atoms with E-state index in [1.807, 2.05) is 0 Å². The van der Waals surface area contributed by atoms with Crippen molar-refractivity contribution in [2.24, 2.45) is 0 Å². The fourth-order valence-electron chi connectivity index (χ4n) is 2.64. The molecule has 0 aliphatic heterocycles. The van der Waals surface area contributed by atoms with E-state index in [1.54, 1.807) is 13.8 Å². The third-order valence-corrected chi connectivity index (χ3v) is 3.68. The van der Waals surface area contributed by atoms with Gasteiger partial charge < -0.3 is 9.84 Å². The van der Waals surface area contributed by atoms with Gasteiger partial charge in [0.1, 0.15) is 23.3 Å². The smallest absolute Gasteiger partial charge is 0.372 e. The Kier molecular flexibility index (Phi) is 5.39. The van der Waals surface area contributed by atoms with Gasteiger partial charge in [0, 0.05) is 5.57 Å². The van der Waals surface area contributed by atoms with Crippen molar-refractivity contribution >= 4 is 11.5 Å². The van der Waals surface area contributed by atoms with Crippen LogP contribution in [0.5, 0.6) is 6.01 Å². The Balaban J connectivity index is 2.26. The largest absolute Gasteiger partial charge is 0.475 e. The van der Waals surface area contributed by atoms with Crippen molar-refractivity contribution in [1.29, 1.82) is 0 Å². The molecular formula is C20H15F2N3O3. The monoisotopic (exact) mass is 383 g/mol. The minimum Gasteiger partial charge on any atom is -0.475 e. The average Bonchev–Trinajstić information content (AvgIpc) is 2.60. The van der Waals surface area contributed by atoms with Crippen LogP contribution in [0.25, 0.3) is 5.57 Å². The summed E-state index contributed by atoms with van der Waals surface area (Å²) in [4.78, 5) is 23.9. The number of nitrogens with zero attached hydrogens (tertiary/aromatic N) is 3. The zero-order chi connectivity index (χ0) is 20.3. The Morgan fingerprint density at radius 2 is 1.39 bits per heavy atom. The first-order valence-corrected chi connectivity index (χ1v) is 8.20. The highest BCUT2D eigenvalue weighted by Gasteiger charge is 2.23. The SMILES string of the molecule is Cc1nc(C)nc(OC(C(=O)O)=C(c2cccc(F)c2)c2cccc(F)c2)n1. The highest BCUT2D eigenvalue weighted by molar-refractivity contribution is 5.99. The summed E-state index contributed by atoms with van der Waals surface area (Å²) in [6.07, 6.45) is 0. The van der Waals surface area contributed by atoms with Crippen molar-refractivity contribution in [2.75, 3.05) is 0 Å². The molecule has 0 saturated carbocycles. The van der Waals surface area contributed by atoms with Gasteiger partial charge in [-0.1, -0.05) is 24.3 Å². The van der Waals surface area contributed by atoms with Crippen LogP contribution in [0.4, 0.5) is 8.78 Å². The highest BCUT2D eigenvalue weighted by Crippen LogP contribution is 2.29. The molecule has 142 valence electrons. The fraction of sp³-hybridized carbons (Fsp3) is 0.100. The third-order valence-electron chi connectivity index (χ3n) is 3.68.